The Morgan fingerprint density at radius 3 is 2.84 bits per heavy atom. The number of nitrogens with one attached hydrogen (secondary N) is 2. The summed E-state index contributed by atoms with van der Waals surface area (Å²) >= 11 is 0. The number of aryl methyl sites for hydroxylation is 1. The Labute approximate surface area is 113 Å². The summed E-state index contributed by atoms with van der Waals surface area (Å²) in [5, 5.41) is 6.23. The highest BCUT2D eigenvalue weighted by atomic mass is 16.6. The molecule has 1 aromatic rings. The topological polar surface area (TPSA) is 68.2 Å². The lowest BCUT2D eigenvalue weighted by Gasteiger charge is -2.24. The van der Waals surface area contributed by atoms with Crippen LogP contribution in [0.5, 0.6) is 0 Å². The molecule has 1 amide bonds. The molecule has 1 aliphatic rings. The Kier molecular flexibility index (Phi) is 3.80. The third-order valence-electron chi connectivity index (χ3n) is 3.15. The normalized spacial score (nSPS) is 23.4. The molecule has 2 atom stereocenters. The van der Waals surface area contributed by atoms with E-state index in [1.54, 1.807) is 6.33 Å². The number of nitrogens with zero attached hydrogens (tertiary/aromatic N) is 2. The average molecular weight is 266 g/mol. The molecule has 106 valence electrons. The molecule has 0 aromatic carbocycles. The fourth-order valence-electron chi connectivity index (χ4n) is 2.32. The average Bonchev–Trinajstić information content (AvgIpc) is 2.83. The van der Waals surface area contributed by atoms with E-state index in [1.807, 2.05) is 38.6 Å². The molecule has 6 heteroatoms. The van der Waals surface area contributed by atoms with Gasteiger partial charge < -0.3 is 19.9 Å². The van der Waals surface area contributed by atoms with Gasteiger partial charge in [0, 0.05) is 37.9 Å². The van der Waals surface area contributed by atoms with Crippen LogP contribution in [0, 0.1) is 0 Å². The minimum Gasteiger partial charge on any atom is -0.444 e. The van der Waals surface area contributed by atoms with Gasteiger partial charge in [0.2, 0.25) is 0 Å². The molecule has 1 aromatic heterocycles. The predicted molar refractivity (Wildman–Crippen MR) is 72.0 cm³/mol. The van der Waals surface area contributed by atoms with Gasteiger partial charge in [-0.15, -0.1) is 0 Å². The molecule has 2 unspecified atom stereocenters. The summed E-state index contributed by atoms with van der Waals surface area (Å²) in [4.78, 5) is 16.0. The van der Waals surface area contributed by atoms with Crippen molar-refractivity contribution in [2.75, 3.05) is 13.1 Å². The molecule has 2 N–H and O–H groups in total. The monoisotopic (exact) mass is 266 g/mol. The summed E-state index contributed by atoms with van der Waals surface area (Å²) in [6.07, 6.45) is 3.26. The Bertz CT molecular complexity index is 450. The van der Waals surface area contributed by atoms with Crippen molar-refractivity contribution in [1.29, 1.82) is 0 Å². The van der Waals surface area contributed by atoms with Crippen LogP contribution in [-0.2, 0) is 11.8 Å². The third-order valence-corrected chi connectivity index (χ3v) is 3.15. The van der Waals surface area contributed by atoms with Gasteiger partial charge in [-0.05, 0) is 20.8 Å². The number of alkyl carbamates (subject to hydrolysis) is 1. The summed E-state index contributed by atoms with van der Waals surface area (Å²) < 4.78 is 7.28. The van der Waals surface area contributed by atoms with E-state index >= 15 is 0 Å². The smallest absolute Gasteiger partial charge is 0.407 e. The maximum absolute atomic E-state index is 11.8. The van der Waals surface area contributed by atoms with Crippen LogP contribution in [-0.4, -0.2) is 40.4 Å². The van der Waals surface area contributed by atoms with Gasteiger partial charge in [0.15, 0.2) is 0 Å². The molecule has 19 heavy (non-hydrogen) atoms. The maximum Gasteiger partial charge on any atom is 0.407 e. The van der Waals surface area contributed by atoms with Gasteiger partial charge in [-0.2, -0.15) is 0 Å². The second-order valence-corrected chi connectivity index (χ2v) is 5.95. The van der Waals surface area contributed by atoms with E-state index in [-0.39, 0.29) is 18.1 Å². The number of ether oxygens (including phenoxy) is 1. The molecular weight excluding hydrogens is 244 g/mol. The molecule has 2 heterocycles. The summed E-state index contributed by atoms with van der Waals surface area (Å²) in [7, 11) is 1.96. The molecular formula is C13H22N4O2. The maximum atomic E-state index is 11.8. The predicted octanol–water partition coefficient (Wildman–Crippen LogP) is 1.00. The molecule has 1 fully saturated rings. The number of imidazole rings is 1. The molecule has 1 aliphatic heterocycles. The number of hydrogen-bond donors (Lipinski definition) is 2. The van der Waals surface area contributed by atoms with Crippen LogP contribution in [0.15, 0.2) is 12.5 Å². The number of rotatable bonds is 2. The Morgan fingerprint density at radius 2 is 2.26 bits per heavy atom. The van der Waals surface area contributed by atoms with Gasteiger partial charge >= 0.3 is 6.09 Å². The van der Waals surface area contributed by atoms with Crippen molar-refractivity contribution >= 4 is 6.09 Å². The highest BCUT2D eigenvalue weighted by molar-refractivity contribution is 5.68. The van der Waals surface area contributed by atoms with Crippen LogP contribution in [0.3, 0.4) is 0 Å². The van der Waals surface area contributed by atoms with Gasteiger partial charge in [-0.3, -0.25) is 0 Å². The molecule has 0 aliphatic carbocycles. The van der Waals surface area contributed by atoms with E-state index in [0.29, 0.717) is 0 Å². The SMILES string of the molecule is Cn1cncc1C1CNCC1NC(=O)OC(C)(C)C. The lowest BCUT2D eigenvalue weighted by molar-refractivity contribution is 0.0504. The summed E-state index contributed by atoms with van der Waals surface area (Å²) in [5.74, 6) is 0.222. The van der Waals surface area contributed by atoms with Gasteiger partial charge in [-0.1, -0.05) is 0 Å². The van der Waals surface area contributed by atoms with E-state index in [2.05, 4.69) is 15.6 Å². The zero-order valence-electron chi connectivity index (χ0n) is 11.9. The van der Waals surface area contributed by atoms with Crippen molar-refractivity contribution in [1.82, 2.24) is 20.2 Å². The largest absolute Gasteiger partial charge is 0.444 e. The number of aromatic nitrogens is 2. The van der Waals surface area contributed by atoms with E-state index in [4.69, 9.17) is 4.74 Å². The van der Waals surface area contributed by atoms with E-state index in [0.717, 1.165) is 18.8 Å². The van der Waals surface area contributed by atoms with E-state index < -0.39 is 5.60 Å². The molecule has 6 nitrogen and oxygen atoms in total. The number of carbonyl (C=O) groups is 1. The second kappa shape index (κ2) is 5.21. The van der Waals surface area contributed by atoms with E-state index in [1.165, 1.54) is 0 Å². The van der Waals surface area contributed by atoms with Crippen molar-refractivity contribution in [2.45, 2.75) is 38.3 Å². The second-order valence-electron chi connectivity index (χ2n) is 5.95. The molecule has 0 bridgehead atoms. The highest BCUT2D eigenvalue weighted by Crippen LogP contribution is 2.22. The van der Waals surface area contributed by atoms with Crippen LogP contribution in [0.25, 0.3) is 0 Å². The first-order valence-electron chi connectivity index (χ1n) is 6.53. The Hall–Kier alpha value is -1.56. The summed E-state index contributed by atoms with van der Waals surface area (Å²) in [6.45, 7) is 7.16. The molecule has 2 rings (SSSR count). The van der Waals surface area contributed by atoms with Crippen molar-refractivity contribution in [3.63, 3.8) is 0 Å². The quantitative estimate of drug-likeness (QED) is 0.838. The lowest BCUT2D eigenvalue weighted by atomic mass is 10.0. The third kappa shape index (κ3) is 3.47. The molecule has 0 saturated carbocycles. The Morgan fingerprint density at radius 1 is 1.53 bits per heavy atom. The van der Waals surface area contributed by atoms with E-state index in [9.17, 15) is 4.79 Å². The number of carbonyl (C=O) groups excluding carboxylic acids is 1. The fraction of sp³-hybridized carbons (Fsp3) is 0.692. The van der Waals surface area contributed by atoms with Crippen molar-refractivity contribution in [3.8, 4) is 0 Å². The van der Waals surface area contributed by atoms with Gasteiger partial charge in [0.05, 0.1) is 12.4 Å². The van der Waals surface area contributed by atoms with Crippen molar-refractivity contribution in [2.24, 2.45) is 7.05 Å². The number of hydrogen-bond acceptors (Lipinski definition) is 4. The van der Waals surface area contributed by atoms with Gasteiger partial charge in [-0.25, -0.2) is 9.78 Å². The zero-order chi connectivity index (χ0) is 14.0. The van der Waals surface area contributed by atoms with Crippen molar-refractivity contribution in [3.05, 3.63) is 18.2 Å². The minimum atomic E-state index is -0.474. The standard InChI is InChI=1S/C13H22N4O2/c1-13(2,3)19-12(18)16-10-6-14-5-9(10)11-7-15-8-17(11)4/h7-10,14H,5-6H2,1-4H3,(H,16,18). The van der Waals surface area contributed by atoms with Crippen LogP contribution in [0.4, 0.5) is 4.79 Å². The molecule has 0 radical (unpaired) electrons. The molecule has 1 saturated heterocycles. The zero-order valence-corrected chi connectivity index (χ0v) is 11.9. The fourth-order valence-corrected chi connectivity index (χ4v) is 2.32. The first-order valence-corrected chi connectivity index (χ1v) is 6.53. The van der Waals surface area contributed by atoms with Crippen LogP contribution in [0.1, 0.15) is 32.4 Å². The summed E-state index contributed by atoms with van der Waals surface area (Å²) in [5.41, 5.74) is 0.643. The first-order chi connectivity index (χ1) is 8.87. The van der Waals surface area contributed by atoms with Gasteiger partial charge in [0.1, 0.15) is 5.60 Å². The van der Waals surface area contributed by atoms with Crippen LogP contribution >= 0.6 is 0 Å². The highest BCUT2D eigenvalue weighted by Gasteiger charge is 2.32. The minimum absolute atomic E-state index is 0.0326. The molecule has 0 spiro atoms. The van der Waals surface area contributed by atoms with Crippen LogP contribution < -0.4 is 10.6 Å². The summed E-state index contributed by atoms with van der Waals surface area (Å²) in [6, 6.07) is 0.0326. The van der Waals surface area contributed by atoms with Crippen molar-refractivity contribution < 1.29 is 9.53 Å². The Balaban J connectivity index is 2.00. The number of amides is 1. The lowest BCUT2D eigenvalue weighted by Crippen LogP contribution is -2.42. The first kappa shape index (κ1) is 13.9. The van der Waals surface area contributed by atoms with Crippen LogP contribution in [0.2, 0.25) is 0 Å². The van der Waals surface area contributed by atoms with Gasteiger partial charge in [0.25, 0.3) is 0 Å².